The Labute approximate surface area is 191 Å². The lowest BCUT2D eigenvalue weighted by molar-refractivity contribution is -0.147. The first-order valence-corrected chi connectivity index (χ1v) is 10.7. The number of esters is 1. The Morgan fingerprint density at radius 1 is 1.12 bits per heavy atom. The first-order valence-electron chi connectivity index (χ1n) is 10.7. The molecule has 1 aromatic heterocycles. The van der Waals surface area contributed by atoms with Gasteiger partial charge >= 0.3 is 5.97 Å². The summed E-state index contributed by atoms with van der Waals surface area (Å²) in [5, 5.41) is 2.86. The molecule has 4 rings (SSSR count). The molecule has 3 N–H and O–H groups in total. The summed E-state index contributed by atoms with van der Waals surface area (Å²) < 4.78 is 16.2. The molecular weight excluding hydrogens is 422 g/mol. The molecule has 0 aliphatic carbocycles. The Morgan fingerprint density at radius 3 is 2.73 bits per heavy atom. The zero-order valence-electron chi connectivity index (χ0n) is 18.0. The highest BCUT2D eigenvalue weighted by Crippen LogP contribution is 2.28. The molecule has 8 nitrogen and oxygen atoms in total. The quantitative estimate of drug-likeness (QED) is 0.383. The van der Waals surface area contributed by atoms with Crippen molar-refractivity contribution in [2.75, 3.05) is 25.1 Å². The van der Waals surface area contributed by atoms with Crippen LogP contribution >= 0.6 is 0 Å². The van der Waals surface area contributed by atoms with Crippen LogP contribution in [0.5, 0.6) is 5.75 Å². The van der Waals surface area contributed by atoms with Gasteiger partial charge in [-0.3, -0.25) is 9.78 Å². The Hall–Kier alpha value is -3.75. The lowest BCUT2D eigenvalue weighted by atomic mass is 9.96. The molecule has 0 saturated carbocycles. The minimum absolute atomic E-state index is 0.221. The van der Waals surface area contributed by atoms with Crippen LogP contribution in [-0.4, -0.2) is 42.8 Å². The third kappa shape index (κ3) is 5.74. The van der Waals surface area contributed by atoms with Crippen molar-refractivity contribution in [3.8, 4) is 16.9 Å². The van der Waals surface area contributed by atoms with E-state index in [2.05, 4.69) is 10.3 Å². The highest BCUT2D eigenvalue weighted by molar-refractivity contribution is 6.05. The van der Waals surface area contributed by atoms with Gasteiger partial charge in [0, 0.05) is 36.6 Å². The molecule has 2 aromatic carbocycles. The molecule has 8 heteroatoms. The van der Waals surface area contributed by atoms with Gasteiger partial charge < -0.3 is 25.3 Å². The van der Waals surface area contributed by atoms with E-state index in [0.717, 1.165) is 16.7 Å². The molecule has 0 spiro atoms. The first-order chi connectivity index (χ1) is 16.1. The number of hydrogen-bond acceptors (Lipinski definition) is 7. The molecule has 1 fully saturated rings. The van der Waals surface area contributed by atoms with E-state index in [-0.39, 0.29) is 18.5 Å². The van der Waals surface area contributed by atoms with Crippen LogP contribution < -0.4 is 15.8 Å². The Kier molecular flexibility index (Phi) is 7.29. The van der Waals surface area contributed by atoms with E-state index in [1.54, 1.807) is 30.6 Å². The molecule has 1 aliphatic rings. The number of rotatable bonds is 9. The van der Waals surface area contributed by atoms with Crippen molar-refractivity contribution in [3.05, 3.63) is 78.1 Å². The number of hydrogen-bond donors (Lipinski definition) is 2. The maximum Gasteiger partial charge on any atom is 0.335 e. The smallest absolute Gasteiger partial charge is 0.335 e. The lowest BCUT2D eigenvalue weighted by Crippen LogP contribution is -2.21. The van der Waals surface area contributed by atoms with Crippen LogP contribution in [0.1, 0.15) is 22.3 Å². The molecular formula is C25H25N3O5. The van der Waals surface area contributed by atoms with E-state index >= 15 is 0 Å². The zero-order chi connectivity index (χ0) is 23.0. The molecule has 2 heterocycles. The summed E-state index contributed by atoms with van der Waals surface area (Å²) in [6.07, 6.45) is 3.30. The van der Waals surface area contributed by atoms with Gasteiger partial charge in [0.05, 0.1) is 13.2 Å². The summed E-state index contributed by atoms with van der Waals surface area (Å²) in [6, 6.07) is 16.5. The predicted octanol–water partition coefficient (Wildman–Crippen LogP) is 3.17. The molecule has 1 amide bonds. The van der Waals surface area contributed by atoms with Crippen molar-refractivity contribution in [1.82, 2.24) is 4.98 Å². The Morgan fingerprint density at radius 2 is 1.97 bits per heavy atom. The molecule has 1 unspecified atom stereocenters. The summed E-state index contributed by atoms with van der Waals surface area (Å²) in [4.78, 5) is 28.1. The minimum Gasteiger partial charge on any atom is -0.491 e. The van der Waals surface area contributed by atoms with E-state index in [0.29, 0.717) is 43.2 Å². The van der Waals surface area contributed by atoms with Crippen molar-refractivity contribution in [3.63, 3.8) is 0 Å². The number of pyridine rings is 1. The number of nitrogens with two attached hydrogens (primary N) is 1. The summed E-state index contributed by atoms with van der Waals surface area (Å²) in [6.45, 7) is 1.31. The minimum atomic E-state index is -0.506. The number of carbonyl (C=O) groups is 2. The standard InChI is InChI=1S/C25H25N3O5/c26-16-19-5-4-18(24(29)28-20-6-9-27-10-7-20)15-22(19)17-2-1-3-21(14-17)31-12-13-32-23-8-11-33-25(23)30/h1-7,9-10,14-15,23H,8,11-13,16,26H2,(H,27,28,29). The van der Waals surface area contributed by atoms with E-state index in [9.17, 15) is 9.59 Å². The fraction of sp³-hybridized carbons (Fsp3) is 0.240. The molecule has 1 saturated heterocycles. The Balaban J connectivity index is 1.45. The highest BCUT2D eigenvalue weighted by atomic mass is 16.6. The van der Waals surface area contributed by atoms with Crippen LogP contribution in [0.15, 0.2) is 67.0 Å². The second-order valence-electron chi connectivity index (χ2n) is 7.46. The van der Waals surface area contributed by atoms with Crippen molar-refractivity contribution >= 4 is 17.6 Å². The van der Waals surface area contributed by atoms with Crippen LogP contribution in [0.3, 0.4) is 0 Å². The predicted molar refractivity (Wildman–Crippen MR) is 123 cm³/mol. The second kappa shape index (κ2) is 10.7. The molecule has 170 valence electrons. The zero-order valence-corrected chi connectivity index (χ0v) is 18.0. The third-order valence-electron chi connectivity index (χ3n) is 5.23. The maximum atomic E-state index is 12.7. The normalized spacial score (nSPS) is 15.2. The summed E-state index contributed by atoms with van der Waals surface area (Å²) >= 11 is 0. The van der Waals surface area contributed by atoms with Gasteiger partial charge in [-0.2, -0.15) is 0 Å². The summed E-state index contributed by atoms with van der Waals surface area (Å²) in [7, 11) is 0. The van der Waals surface area contributed by atoms with Crippen molar-refractivity contribution < 1.29 is 23.8 Å². The fourth-order valence-electron chi connectivity index (χ4n) is 3.53. The van der Waals surface area contributed by atoms with Crippen LogP contribution in [0.25, 0.3) is 11.1 Å². The third-order valence-corrected chi connectivity index (χ3v) is 5.23. The van der Waals surface area contributed by atoms with Crippen LogP contribution in [-0.2, 0) is 20.8 Å². The lowest BCUT2D eigenvalue weighted by Gasteiger charge is -2.13. The van der Waals surface area contributed by atoms with Crippen molar-refractivity contribution in [2.24, 2.45) is 5.73 Å². The number of anilines is 1. The van der Waals surface area contributed by atoms with Crippen LogP contribution in [0.4, 0.5) is 5.69 Å². The molecule has 1 aliphatic heterocycles. The summed E-state index contributed by atoms with van der Waals surface area (Å²) in [5.74, 6) is 0.111. The second-order valence-corrected chi connectivity index (χ2v) is 7.46. The van der Waals surface area contributed by atoms with E-state index in [1.165, 1.54) is 0 Å². The van der Waals surface area contributed by atoms with Crippen molar-refractivity contribution in [2.45, 2.75) is 19.1 Å². The first kappa shape index (κ1) is 22.4. The van der Waals surface area contributed by atoms with E-state index < -0.39 is 6.10 Å². The number of cyclic esters (lactones) is 1. The van der Waals surface area contributed by atoms with Gasteiger partial charge in [-0.25, -0.2) is 4.79 Å². The van der Waals surface area contributed by atoms with Gasteiger partial charge in [-0.1, -0.05) is 18.2 Å². The van der Waals surface area contributed by atoms with Crippen molar-refractivity contribution in [1.29, 1.82) is 0 Å². The number of carbonyl (C=O) groups excluding carboxylic acids is 2. The van der Waals surface area contributed by atoms with Crippen LogP contribution in [0, 0.1) is 0 Å². The van der Waals surface area contributed by atoms with Gasteiger partial charge in [-0.05, 0) is 53.1 Å². The number of ether oxygens (including phenoxy) is 3. The molecule has 0 bridgehead atoms. The van der Waals surface area contributed by atoms with Gasteiger partial charge in [0.1, 0.15) is 12.4 Å². The molecule has 1 atom stereocenters. The van der Waals surface area contributed by atoms with E-state index in [4.69, 9.17) is 19.9 Å². The summed E-state index contributed by atoms with van der Waals surface area (Å²) in [5.41, 5.74) is 9.79. The van der Waals surface area contributed by atoms with Gasteiger partial charge in [0.25, 0.3) is 5.91 Å². The number of nitrogens with zero attached hydrogens (tertiary/aromatic N) is 1. The average molecular weight is 447 g/mol. The molecule has 33 heavy (non-hydrogen) atoms. The monoisotopic (exact) mass is 447 g/mol. The van der Waals surface area contributed by atoms with Gasteiger partial charge in [0.15, 0.2) is 6.10 Å². The van der Waals surface area contributed by atoms with Gasteiger partial charge in [0.2, 0.25) is 0 Å². The average Bonchev–Trinajstić information content (AvgIpc) is 3.26. The van der Waals surface area contributed by atoms with E-state index in [1.807, 2.05) is 36.4 Å². The molecule has 0 radical (unpaired) electrons. The maximum absolute atomic E-state index is 12.7. The number of amides is 1. The number of aromatic nitrogens is 1. The fourth-order valence-corrected chi connectivity index (χ4v) is 3.53. The highest BCUT2D eigenvalue weighted by Gasteiger charge is 2.26. The van der Waals surface area contributed by atoms with Gasteiger partial charge in [-0.15, -0.1) is 0 Å². The Bertz CT molecular complexity index is 1120. The number of benzene rings is 2. The van der Waals surface area contributed by atoms with Crippen LogP contribution in [0.2, 0.25) is 0 Å². The molecule has 3 aromatic rings. The topological polar surface area (TPSA) is 113 Å². The number of nitrogens with one attached hydrogen (secondary N) is 1. The SMILES string of the molecule is NCc1ccc(C(=O)Nc2ccncc2)cc1-c1cccc(OCCOC2CCOC2=O)c1. The largest absolute Gasteiger partial charge is 0.491 e.